The van der Waals surface area contributed by atoms with Gasteiger partial charge in [-0.2, -0.15) is 0 Å². The van der Waals surface area contributed by atoms with E-state index < -0.39 is 0 Å². The molecule has 3 aromatic rings. The normalized spacial score (nSPS) is 16.7. The van der Waals surface area contributed by atoms with Crippen molar-refractivity contribution in [3.8, 4) is 5.69 Å². The lowest BCUT2D eigenvalue weighted by atomic mass is 10.1. The van der Waals surface area contributed by atoms with Crippen molar-refractivity contribution in [1.82, 2.24) is 14.8 Å². The van der Waals surface area contributed by atoms with Gasteiger partial charge in [0.25, 0.3) is 0 Å². The fourth-order valence-corrected chi connectivity index (χ4v) is 3.87. The first-order chi connectivity index (χ1) is 12.7. The molecule has 4 rings (SSSR count). The maximum absolute atomic E-state index is 13.3. The molecule has 1 saturated heterocycles. The van der Waals surface area contributed by atoms with Gasteiger partial charge in [-0.25, -0.2) is 4.39 Å². The fraction of sp³-hybridized carbons (Fsp3) is 0.211. The van der Waals surface area contributed by atoms with E-state index in [0.717, 1.165) is 17.1 Å². The molecule has 5 nitrogen and oxygen atoms in total. The number of nitrogens with zero attached hydrogens (tertiary/aromatic N) is 3. The van der Waals surface area contributed by atoms with Gasteiger partial charge in [-0.05, 0) is 29.8 Å². The zero-order valence-electron chi connectivity index (χ0n) is 13.8. The molecule has 0 unspecified atom stereocenters. The van der Waals surface area contributed by atoms with E-state index in [1.165, 1.54) is 23.9 Å². The van der Waals surface area contributed by atoms with Crippen LogP contribution in [0.2, 0.25) is 0 Å². The highest BCUT2D eigenvalue weighted by molar-refractivity contribution is 8.00. The summed E-state index contributed by atoms with van der Waals surface area (Å²) >= 11 is 1.34. The largest absolute Gasteiger partial charge is 0.465 e. The highest BCUT2D eigenvalue weighted by Gasteiger charge is 2.30. The number of hydrogen-bond acceptors (Lipinski definition) is 5. The van der Waals surface area contributed by atoms with Gasteiger partial charge in [-0.3, -0.25) is 9.36 Å². The number of aromatic nitrogens is 3. The van der Waals surface area contributed by atoms with Crippen LogP contribution in [0.15, 0.2) is 59.8 Å². The Morgan fingerprint density at radius 2 is 1.88 bits per heavy atom. The van der Waals surface area contributed by atoms with E-state index in [0.29, 0.717) is 24.6 Å². The Hall–Kier alpha value is -2.67. The van der Waals surface area contributed by atoms with Crippen molar-refractivity contribution in [3.05, 3.63) is 71.8 Å². The molecule has 2 heterocycles. The Bertz CT molecular complexity index is 912. The van der Waals surface area contributed by atoms with E-state index >= 15 is 0 Å². The van der Waals surface area contributed by atoms with Crippen LogP contribution in [0.1, 0.15) is 17.8 Å². The van der Waals surface area contributed by atoms with Crippen molar-refractivity contribution in [1.29, 1.82) is 0 Å². The molecule has 7 heteroatoms. The van der Waals surface area contributed by atoms with Crippen LogP contribution in [-0.4, -0.2) is 32.6 Å². The molecule has 0 N–H and O–H groups in total. The maximum atomic E-state index is 13.3. The van der Waals surface area contributed by atoms with Crippen molar-refractivity contribution in [2.75, 3.05) is 6.61 Å². The first-order valence-corrected chi connectivity index (χ1v) is 9.16. The SMILES string of the molecule is O=C1OCC[C@@H]1Sc1nnc(Cc2ccccc2)n1-c1ccc(F)cc1. The molecule has 1 aliphatic heterocycles. The molecule has 0 spiro atoms. The van der Waals surface area contributed by atoms with Gasteiger partial charge < -0.3 is 4.74 Å². The molecule has 132 valence electrons. The molecule has 0 saturated carbocycles. The van der Waals surface area contributed by atoms with Crippen molar-refractivity contribution < 1.29 is 13.9 Å². The van der Waals surface area contributed by atoms with Crippen LogP contribution in [0, 0.1) is 5.82 Å². The van der Waals surface area contributed by atoms with E-state index in [9.17, 15) is 9.18 Å². The number of carbonyl (C=O) groups is 1. The van der Waals surface area contributed by atoms with Gasteiger partial charge in [-0.1, -0.05) is 42.1 Å². The minimum atomic E-state index is -0.306. The Morgan fingerprint density at radius 1 is 1.12 bits per heavy atom. The first-order valence-electron chi connectivity index (χ1n) is 8.28. The van der Waals surface area contributed by atoms with Gasteiger partial charge in [-0.15, -0.1) is 10.2 Å². The van der Waals surface area contributed by atoms with Crippen LogP contribution in [0.4, 0.5) is 4.39 Å². The number of thioether (sulfide) groups is 1. The maximum Gasteiger partial charge on any atom is 0.319 e. The van der Waals surface area contributed by atoms with Crippen LogP contribution >= 0.6 is 11.8 Å². The summed E-state index contributed by atoms with van der Waals surface area (Å²) in [6.45, 7) is 0.429. The molecule has 1 fully saturated rings. The van der Waals surface area contributed by atoms with E-state index in [2.05, 4.69) is 10.2 Å². The number of esters is 1. The highest BCUT2D eigenvalue weighted by Crippen LogP contribution is 2.31. The smallest absolute Gasteiger partial charge is 0.319 e. The Labute approximate surface area is 154 Å². The summed E-state index contributed by atoms with van der Waals surface area (Å²) < 4.78 is 20.3. The third kappa shape index (κ3) is 3.48. The molecule has 1 aromatic heterocycles. The summed E-state index contributed by atoms with van der Waals surface area (Å²) in [5.41, 5.74) is 1.86. The third-order valence-corrected chi connectivity index (χ3v) is 5.31. The molecule has 1 aliphatic rings. The molecule has 2 aromatic carbocycles. The van der Waals surface area contributed by atoms with Crippen molar-refractivity contribution in [2.45, 2.75) is 23.2 Å². The van der Waals surface area contributed by atoms with Gasteiger partial charge in [0.1, 0.15) is 16.9 Å². The molecular formula is C19H16FN3O2S. The standard InChI is InChI=1S/C19H16FN3O2S/c20-14-6-8-15(9-7-14)23-17(12-13-4-2-1-3-5-13)21-22-19(23)26-16-10-11-25-18(16)24/h1-9,16H,10-12H2/t16-/m0/s1. The number of halogens is 1. The first kappa shape index (κ1) is 16.8. The van der Waals surface area contributed by atoms with Crippen LogP contribution < -0.4 is 0 Å². The van der Waals surface area contributed by atoms with Gasteiger partial charge in [0.05, 0.1) is 6.61 Å². The van der Waals surface area contributed by atoms with Crippen LogP contribution in [0.25, 0.3) is 5.69 Å². The van der Waals surface area contributed by atoms with Gasteiger partial charge in [0.15, 0.2) is 5.16 Å². The van der Waals surface area contributed by atoms with Gasteiger partial charge >= 0.3 is 5.97 Å². The zero-order valence-corrected chi connectivity index (χ0v) is 14.7. The molecule has 1 atom stereocenters. The van der Waals surface area contributed by atoms with Crippen LogP contribution in [0.3, 0.4) is 0 Å². The fourth-order valence-electron chi connectivity index (χ4n) is 2.83. The summed E-state index contributed by atoms with van der Waals surface area (Å²) in [6.07, 6.45) is 1.23. The number of rotatable bonds is 5. The van der Waals surface area contributed by atoms with E-state index in [1.54, 1.807) is 12.1 Å². The molecule has 0 amide bonds. The second-order valence-corrected chi connectivity index (χ2v) is 7.11. The zero-order chi connectivity index (χ0) is 17.9. The average molecular weight is 369 g/mol. The quantitative estimate of drug-likeness (QED) is 0.645. The van der Waals surface area contributed by atoms with E-state index in [4.69, 9.17) is 4.74 Å². The number of benzene rings is 2. The lowest BCUT2D eigenvalue weighted by Crippen LogP contribution is -2.11. The summed E-state index contributed by atoms with van der Waals surface area (Å²) in [7, 11) is 0. The Morgan fingerprint density at radius 3 is 2.58 bits per heavy atom. The summed E-state index contributed by atoms with van der Waals surface area (Å²) in [5.74, 6) is 0.199. The van der Waals surface area contributed by atoms with Crippen molar-refractivity contribution in [3.63, 3.8) is 0 Å². The Balaban J connectivity index is 1.71. The predicted octanol–water partition coefficient (Wildman–Crippen LogP) is 3.40. The Kier molecular flexibility index (Phi) is 4.71. The molecule has 0 radical (unpaired) electrons. The summed E-state index contributed by atoms with van der Waals surface area (Å²) in [6, 6.07) is 16.1. The van der Waals surface area contributed by atoms with E-state index in [1.807, 2.05) is 34.9 Å². The van der Waals surface area contributed by atoms with Gasteiger partial charge in [0, 0.05) is 18.5 Å². The molecule has 0 aliphatic carbocycles. The van der Waals surface area contributed by atoms with Crippen molar-refractivity contribution in [2.24, 2.45) is 0 Å². The number of cyclic esters (lactones) is 1. The number of carbonyl (C=O) groups excluding carboxylic acids is 1. The summed E-state index contributed by atoms with van der Waals surface area (Å²) in [4.78, 5) is 11.8. The lowest BCUT2D eigenvalue weighted by Gasteiger charge is -2.11. The average Bonchev–Trinajstić information content (AvgIpc) is 3.24. The molecule has 26 heavy (non-hydrogen) atoms. The van der Waals surface area contributed by atoms with Crippen LogP contribution in [-0.2, 0) is 16.0 Å². The topological polar surface area (TPSA) is 57.0 Å². The second kappa shape index (κ2) is 7.29. The van der Waals surface area contributed by atoms with E-state index in [-0.39, 0.29) is 17.0 Å². The number of ether oxygens (including phenoxy) is 1. The third-order valence-electron chi connectivity index (χ3n) is 4.13. The minimum absolute atomic E-state index is 0.228. The molecular weight excluding hydrogens is 353 g/mol. The van der Waals surface area contributed by atoms with Crippen molar-refractivity contribution >= 4 is 17.7 Å². The highest BCUT2D eigenvalue weighted by atomic mass is 32.2. The minimum Gasteiger partial charge on any atom is -0.465 e. The lowest BCUT2D eigenvalue weighted by molar-refractivity contribution is -0.137. The monoisotopic (exact) mass is 369 g/mol. The van der Waals surface area contributed by atoms with Crippen LogP contribution in [0.5, 0.6) is 0 Å². The summed E-state index contributed by atoms with van der Waals surface area (Å²) in [5, 5.41) is 8.92. The number of hydrogen-bond donors (Lipinski definition) is 0. The second-order valence-electron chi connectivity index (χ2n) is 5.94. The molecule has 0 bridgehead atoms. The predicted molar refractivity (Wildman–Crippen MR) is 95.8 cm³/mol. The van der Waals surface area contributed by atoms with Gasteiger partial charge in [0.2, 0.25) is 0 Å².